The molecule has 0 radical (unpaired) electrons. The molecule has 204 valence electrons. The number of fused-ring (bicyclic) bond motifs is 4. The zero-order valence-electron chi connectivity index (χ0n) is 25.1. The number of hydrogen-bond donors (Lipinski definition) is 0. The second-order valence-corrected chi connectivity index (χ2v) is 13.3. The molecule has 0 amide bonds. The third-order valence-electron chi connectivity index (χ3n) is 11.3. The molecule has 0 saturated heterocycles. The van der Waals surface area contributed by atoms with Gasteiger partial charge in [0.2, 0.25) is 0 Å². The molecule has 0 nitrogen and oxygen atoms in total. The number of hydrogen-bond acceptors (Lipinski definition) is 0. The van der Waals surface area contributed by atoms with Crippen molar-refractivity contribution in [2.45, 2.75) is 105 Å². The Labute approximate surface area is 237 Å². The van der Waals surface area contributed by atoms with Gasteiger partial charge in [-0.1, -0.05) is 114 Å². The van der Waals surface area contributed by atoms with Crippen LogP contribution >= 0.6 is 0 Å². The van der Waals surface area contributed by atoms with Gasteiger partial charge in [0.05, 0.1) is 0 Å². The summed E-state index contributed by atoms with van der Waals surface area (Å²) in [5, 5.41) is 5.73. The van der Waals surface area contributed by atoms with E-state index in [4.69, 9.17) is 0 Å². The summed E-state index contributed by atoms with van der Waals surface area (Å²) in [7, 11) is 0. The van der Waals surface area contributed by atoms with Crippen molar-refractivity contribution in [1.82, 2.24) is 0 Å². The summed E-state index contributed by atoms with van der Waals surface area (Å²) in [6.07, 6.45) is 13.6. The normalized spacial score (nSPS) is 21.2. The minimum absolute atomic E-state index is 0.483. The van der Waals surface area contributed by atoms with Gasteiger partial charge < -0.3 is 0 Å². The zero-order chi connectivity index (χ0) is 27.1. The van der Waals surface area contributed by atoms with Crippen LogP contribution in [0.2, 0.25) is 0 Å². The van der Waals surface area contributed by atoms with E-state index in [0.717, 1.165) is 17.8 Å². The molecule has 2 saturated carbocycles. The second kappa shape index (κ2) is 10.8. The molecular formula is C39H48. The third-order valence-corrected chi connectivity index (χ3v) is 11.3. The highest BCUT2D eigenvalue weighted by molar-refractivity contribution is 6.02. The van der Waals surface area contributed by atoms with Crippen LogP contribution in [0.25, 0.3) is 32.7 Å². The quantitative estimate of drug-likeness (QED) is 0.218. The largest absolute Gasteiger partial charge is 0.0649 e. The molecule has 2 fully saturated rings. The first kappa shape index (κ1) is 26.6. The molecular weight excluding hydrogens is 468 g/mol. The Balaban J connectivity index is 1.50. The fourth-order valence-corrected chi connectivity index (χ4v) is 8.58. The van der Waals surface area contributed by atoms with Crippen LogP contribution in [0.3, 0.4) is 0 Å². The molecule has 2 aliphatic rings. The average molecular weight is 517 g/mol. The predicted molar refractivity (Wildman–Crippen MR) is 171 cm³/mol. The molecule has 0 spiro atoms. The summed E-state index contributed by atoms with van der Waals surface area (Å²) in [6, 6.07) is 23.8. The van der Waals surface area contributed by atoms with Crippen LogP contribution in [-0.2, 0) is 6.42 Å². The van der Waals surface area contributed by atoms with E-state index in [1.165, 1.54) is 108 Å². The Morgan fingerprint density at radius 1 is 0.692 bits per heavy atom. The van der Waals surface area contributed by atoms with Crippen LogP contribution in [-0.4, -0.2) is 0 Å². The van der Waals surface area contributed by atoms with Gasteiger partial charge in [0.15, 0.2) is 0 Å². The Morgan fingerprint density at radius 3 is 2.13 bits per heavy atom. The molecule has 0 heterocycles. The lowest BCUT2D eigenvalue weighted by molar-refractivity contribution is 0.229. The molecule has 6 rings (SSSR count). The summed E-state index contributed by atoms with van der Waals surface area (Å²) >= 11 is 0. The maximum Gasteiger partial charge on any atom is -0.00999 e. The molecule has 2 bridgehead atoms. The Bertz CT molecular complexity index is 1460. The molecule has 4 aromatic rings. The van der Waals surface area contributed by atoms with E-state index in [1.807, 2.05) is 0 Å². The zero-order valence-corrected chi connectivity index (χ0v) is 25.1. The fraction of sp³-hybridized carbons (Fsp3) is 0.487. The van der Waals surface area contributed by atoms with Gasteiger partial charge in [-0.05, 0) is 124 Å². The van der Waals surface area contributed by atoms with Crippen molar-refractivity contribution in [3.8, 4) is 11.1 Å². The fourth-order valence-electron chi connectivity index (χ4n) is 8.58. The smallest absolute Gasteiger partial charge is 0.00999 e. The standard InChI is InChI=1S/C39H48/c1-6-39(7-2,8-3)18-17-30-24-36-27(5)33(38-20-26(4)19-31-11-9-10-12-34(31)38)15-16-35(36)37(25-30)32-22-28-13-14-29(21-28)23-32/h9-12,15-16,19-20,24-25,28-29,32H,6-8,13-14,17-18,21-23H2,1-5H3/t28-,29+,32?. The topological polar surface area (TPSA) is 0 Å². The van der Waals surface area contributed by atoms with Crippen LogP contribution in [0.4, 0.5) is 0 Å². The van der Waals surface area contributed by atoms with Gasteiger partial charge in [-0.3, -0.25) is 0 Å². The highest BCUT2D eigenvalue weighted by Gasteiger charge is 2.35. The van der Waals surface area contributed by atoms with Gasteiger partial charge in [0.25, 0.3) is 0 Å². The summed E-state index contributed by atoms with van der Waals surface area (Å²) in [5.41, 5.74) is 9.30. The molecule has 0 heteroatoms. The van der Waals surface area contributed by atoms with Crippen molar-refractivity contribution in [3.05, 3.63) is 82.9 Å². The third kappa shape index (κ3) is 4.94. The predicted octanol–water partition coefficient (Wildman–Crippen LogP) is 11.7. The van der Waals surface area contributed by atoms with E-state index >= 15 is 0 Å². The molecule has 2 aliphatic carbocycles. The highest BCUT2D eigenvalue weighted by atomic mass is 14.4. The van der Waals surface area contributed by atoms with Gasteiger partial charge in [-0.15, -0.1) is 0 Å². The van der Waals surface area contributed by atoms with Crippen molar-refractivity contribution in [2.75, 3.05) is 0 Å². The van der Waals surface area contributed by atoms with Gasteiger partial charge in [-0.25, -0.2) is 0 Å². The minimum Gasteiger partial charge on any atom is -0.0649 e. The van der Waals surface area contributed by atoms with E-state index in [-0.39, 0.29) is 0 Å². The molecule has 0 aromatic heterocycles. The summed E-state index contributed by atoms with van der Waals surface area (Å²) in [4.78, 5) is 0. The summed E-state index contributed by atoms with van der Waals surface area (Å²) < 4.78 is 0. The van der Waals surface area contributed by atoms with E-state index in [2.05, 4.69) is 95.3 Å². The number of rotatable bonds is 8. The van der Waals surface area contributed by atoms with E-state index < -0.39 is 0 Å². The van der Waals surface area contributed by atoms with Crippen molar-refractivity contribution >= 4 is 21.5 Å². The lowest BCUT2D eigenvalue weighted by Gasteiger charge is -2.32. The summed E-state index contributed by atoms with van der Waals surface area (Å²) in [6.45, 7) is 11.8. The van der Waals surface area contributed by atoms with Gasteiger partial charge in [-0.2, -0.15) is 0 Å². The highest BCUT2D eigenvalue weighted by Crippen LogP contribution is 2.50. The SMILES string of the molecule is CCC(CC)(CC)CCc1cc(C2C[C@H]3CC[C@@H](C2)C3)c2ccc(-c3cc(C)cc4ccccc34)c(C)c2c1. The molecule has 39 heavy (non-hydrogen) atoms. The van der Waals surface area contributed by atoms with Crippen LogP contribution < -0.4 is 0 Å². The minimum atomic E-state index is 0.483. The van der Waals surface area contributed by atoms with Crippen LogP contribution in [0.5, 0.6) is 0 Å². The Hall–Kier alpha value is -2.60. The Kier molecular flexibility index (Phi) is 7.34. The lowest BCUT2D eigenvalue weighted by Crippen LogP contribution is -2.19. The van der Waals surface area contributed by atoms with Gasteiger partial charge >= 0.3 is 0 Å². The van der Waals surface area contributed by atoms with Crippen molar-refractivity contribution in [1.29, 1.82) is 0 Å². The van der Waals surface area contributed by atoms with Crippen molar-refractivity contribution in [2.24, 2.45) is 17.3 Å². The van der Waals surface area contributed by atoms with Gasteiger partial charge in [0.1, 0.15) is 0 Å². The molecule has 4 aromatic carbocycles. The average Bonchev–Trinajstić information content (AvgIpc) is 3.30. The van der Waals surface area contributed by atoms with Gasteiger partial charge in [0, 0.05) is 0 Å². The second-order valence-electron chi connectivity index (χ2n) is 13.3. The molecule has 3 atom stereocenters. The van der Waals surface area contributed by atoms with E-state index in [0.29, 0.717) is 5.41 Å². The molecule has 0 N–H and O–H groups in total. The monoisotopic (exact) mass is 516 g/mol. The lowest BCUT2D eigenvalue weighted by atomic mass is 9.73. The first-order chi connectivity index (χ1) is 18.9. The molecule has 0 aliphatic heterocycles. The van der Waals surface area contributed by atoms with E-state index in [9.17, 15) is 0 Å². The maximum atomic E-state index is 2.66. The van der Waals surface area contributed by atoms with Crippen LogP contribution in [0.15, 0.2) is 60.7 Å². The molecule has 1 unspecified atom stereocenters. The number of benzene rings is 4. The van der Waals surface area contributed by atoms with Crippen molar-refractivity contribution in [3.63, 3.8) is 0 Å². The first-order valence-corrected chi connectivity index (χ1v) is 16.0. The summed E-state index contributed by atoms with van der Waals surface area (Å²) in [5.74, 6) is 2.65. The van der Waals surface area contributed by atoms with Crippen LogP contribution in [0, 0.1) is 31.1 Å². The van der Waals surface area contributed by atoms with Crippen molar-refractivity contribution < 1.29 is 0 Å². The first-order valence-electron chi connectivity index (χ1n) is 16.0. The number of aryl methyl sites for hydroxylation is 3. The Morgan fingerprint density at radius 2 is 1.41 bits per heavy atom. The maximum absolute atomic E-state index is 2.66. The van der Waals surface area contributed by atoms with Crippen LogP contribution in [0.1, 0.15) is 107 Å². The van der Waals surface area contributed by atoms with E-state index in [1.54, 1.807) is 11.1 Å².